The third kappa shape index (κ3) is 3.70. The molecule has 1 N–H and O–H groups in total. The van der Waals surface area contributed by atoms with Crippen LogP contribution in [0.15, 0.2) is 33.3 Å². The van der Waals surface area contributed by atoms with E-state index in [9.17, 15) is 0 Å². The fourth-order valence-electron chi connectivity index (χ4n) is 2.35. The van der Waals surface area contributed by atoms with Crippen LogP contribution in [0.5, 0.6) is 0 Å². The lowest BCUT2D eigenvalue weighted by atomic mass is 10.0. The number of aryl methyl sites for hydroxylation is 1. The molecule has 0 saturated carbocycles. The molecule has 0 aliphatic rings. The lowest BCUT2D eigenvalue weighted by molar-refractivity contribution is 0.519. The highest BCUT2D eigenvalue weighted by atomic mass is 79.9. The summed E-state index contributed by atoms with van der Waals surface area (Å²) in [5, 5.41) is 8.71. The van der Waals surface area contributed by atoms with E-state index in [1.807, 2.05) is 23.0 Å². The van der Waals surface area contributed by atoms with Gasteiger partial charge in [0.25, 0.3) is 0 Å². The van der Waals surface area contributed by atoms with Crippen molar-refractivity contribution in [1.29, 1.82) is 0 Å². The van der Waals surface area contributed by atoms with Crippen LogP contribution in [0.3, 0.4) is 0 Å². The van der Waals surface area contributed by atoms with Gasteiger partial charge in [0.2, 0.25) is 0 Å². The normalized spacial score (nSPS) is 12.6. The zero-order valence-electron chi connectivity index (χ0n) is 12.0. The minimum atomic E-state index is 0.00317. The molecular weight excluding hydrogens is 417 g/mol. The fraction of sp³-hybridized carbons (Fsp3) is 0.400. The molecule has 0 bridgehead atoms. The number of benzene rings is 1. The molecule has 3 nitrogen and oxygen atoms in total. The fourth-order valence-corrected chi connectivity index (χ4v) is 3.49. The van der Waals surface area contributed by atoms with E-state index in [-0.39, 0.29) is 6.04 Å². The number of rotatable bonds is 6. The first-order valence-corrected chi connectivity index (χ1v) is 8.95. The smallest absolute Gasteiger partial charge is 0.0774 e. The van der Waals surface area contributed by atoms with Gasteiger partial charge in [0.1, 0.15) is 0 Å². The molecule has 114 valence electrons. The van der Waals surface area contributed by atoms with E-state index < -0.39 is 0 Å². The molecule has 1 unspecified atom stereocenters. The van der Waals surface area contributed by atoms with E-state index in [1.165, 1.54) is 0 Å². The molecule has 0 aliphatic heterocycles. The number of halogens is 3. The minimum absolute atomic E-state index is 0.00317. The van der Waals surface area contributed by atoms with Crippen molar-refractivity contribution < 1.29 is 0 Å². The zero-order chi connectivity index (χ0) is 15.4. The van der Waals surface area contributed by atoms with Gasteiger partial charge in [-0.15, -0.1) is 0 Å². The lowest BCUT2D eigenvalue weighted by Crippen LogP contribution is -2.25. The molecule has 0 amide bonds. The second kappa shape index (κ2) is 7.77. The summed E-state index contributed by atoms with van der Waals surface area (Å²) in [4.78, 5) is 0. The number of aromatic nitrogens is 2. The first-order chi connectivity index (χ1) is 10.1. The van der Waals surface area contributed by atoms with Crippen LogP contribution in [0, 0.1) is 0 Å². The van der Waals surface area contributed by atoms with E-state index in [0.29, 0.717) is 0 Å². The third-order valence-corrected chi connectivity index (χ3v) is 5.16. The number of nitrogens with zero attached hydrogens (tertiary/aromatic N) is 2. The van der Waals surface area contributed by atoms with Gasteiger partial charge < -0.3 is 5.32 Å². The standard InChI is InChI=1S/C15H18Br2ClN3/c1-3-8-21-15(12(17)9-20-21)14(19-4-2)10-6-5-7-11(16)13(10)18/h5-7,9,14,19H,3-4,8H2,1-2H3. The van der Waals surface area contributed by atoms with E-state index in [0.717, 1.165) is 44.7 Å². The Morgan fingerprint density at radius 3 is 2.71 bits per heavy atom. The maximum Gasteiger partial charge on any atom is 0.0774 e. The van der Waals surface area contributed by atoms with E-state index in [1.54, 1.807) is 0 Å². The van der Waals surface area contributed by atoms with Gasteiger partial charge in [-0.2, -0.15) is 5.10 Å². The maximum absolute atomic E-state index is 6.49. The number of hydrogen-bond acceptors (Lipinski definition) is 2. The maximum atomic E-state index is 6.49. The summed E-state index contributed by atoms with van der Waals surface area (Å²) in [5.41, 5.74) is 2.16. The van der Waals surface area contributed by atoms with Crippen molar-refractivity contribution in [3.63, 3.8) is 0 Å². The zero-order valence-corrected chi connectivity index (χ0v) is 16.0. The van der Waals surface area contributed by atoms with Crippen molar-refractivity contribution in [2.75, 3.05) is 6.54 Å². The molecule has 0 aliphatic carbocycles. The molecule has 1 heterocycles. The van der Waals surface area contributed by atoms with Crippen LogP contribution >= 0.6 is 43.5 Å². The summed E-state index contributed by atoms with van der Waals surface area (Å²) in [6.45, 7) is 5.97. The molecule has 2 aromatic rings. The molecule has 0 radical (unpaired) electrons. The highest BCUT2D eigenvalue weighted by molar-refractivity contribution is 9.10. The topological polar surface area (TPSA) is 29.9 Å². The highest BCUT2D eigenvalue weighted by Crippen LogP contribution is 2.35. The van der Waals surface area contributed by atoms with Gasteiger partial charge in [-0.3, -0.25) is 4.68 Å². The van der Waals surface area contributed by atoms with Crippen LogP contribution in [0.25, 0.3) is 0 Å². The van der Waals surface area contributed by atoms with Crippen LogP contribution in [0.1, 0.15) is 37.6 Å². The van der Waals surface area contributed by atoms with Gasteiger partial charge >= 0.3 is 0 Å². The van der Waals surface area contributed by atoms with E-state index in [2.05, 4.69) is 62.2 Å². The summed E-state index contributed by atoms with van der Waals surface area (Å²) in [5.74, 6) is 0. The predicted molar refractivity (Wildman–Crippen MR) is 94.9 cm³/mol. The molecule has 1 atom stereocenters. The Morgan fingerprint density at radius 2 is 2.05 bits per heavy atom. The van der Waals surface area contributed by atoms with Crippen LogP contribution in [-0.2, 0) is 6.54 Å². The van der Waals surface area contributed by atoms with Crippen LogP contribution < -0.4 is 5.32 Å². The first-order valence-electron chi connectivity index (χ1n) is 6.98. The Morgan fingerprint density at radius 1 is 1.29 bits per heavy atom. The molecule has 2 rings (SSSR count). The van der Waals surface area contributed by atoms with Crippen molar-refractivity contribution >= 4 is 43.5 Å². The summed E-state index contributed by atoms with van der Waals surface area (Å²) in [6, 6.07) is 6.01. The Hall–Kier alpha value is -0.360. The molecule has 1 aromatic carbocycles. The van der Waals surface area contributed by atoms with Gasteiger partial charge in [-0.1, -0.05) is 37.6 Å². The highest BCUT2D eigenvalue weighted by Gasteiger charge is 2.23. The number of nitrogens with one attached hydrogen (secondary N) is 1. The Labute approximate surface area is 147 Å². The van der Waals surface area contributed by atoms with Crippen molar-refractivity contribution in [2.24, 2.45) is 0 Å². The Balaban J connectivity index is 2.53. The van der Waals surface area contributed by atoms with Crippen LogP contribution in [-0.4, -0.2) is 16.3 Å². The van der Waals surface area contributed by atoms with Crippen LogP contribution in [0.2, 0.25) is 5.02 Å². The second-order valence-electron chi connectivity index (χ2n) is 4.73. The molecular formula is C15H18Br2ClN3. The van der Waals surface area contributed by atoms with Gasteiger partial charge in [-0.25, -0.2) is 0 Å². The van der Waals surface area contributed by atoms with Gasteiger partial charge in [0, 0.05) is 11.0 Å². The molecule has 0 fully saturated rings. The average Bonchev–Trinajstić information content (AvgIpc) is 2.81. The van der Waals surface area contributed by atoms with Crippen molar-refractivity contribution in [3.05, 3.63) is 49.6 Å². The Bertz CT molecular complexity index is 613. The summed E-state index contributed by atoms with van der Waals surface area (Å²) in [6.07, 6.45) is 2.88. The predicted octanol–water partition coefficient (Wildman–Crippen LogP) is 5.17. The molecule has 6 heteroatoms. The van der Waals surface area contributed by atoms with Crippen molar-refractivity contribution in [2.45, 2.75) is 32.9 Å². The number of hydrogen-bond donors (Lipinski definition) is 1. The van der Waals surface area contributed by atoms with Crippen molar-refractivity contribution in [3.8, 4) is 0 Å². The summed E-state index contributed by atoms with van der Waals surface area (Å²) >= 11 is 13.6. The van der Waals surface area contributed by atoms with E-state index in [4.69, 9.17) is 11.6 Å². The monoisotopic (exact) mass is 433 g/mol. The molecule has 0 spiro atoms. The first kappa shape index (κ1) is 17.0. The second-order valence-corrected chi connectivity index (χ2v) is 6.82. The van der Waals surface area contributed by atoms with E-state index >= 15 is 0 Å². The van der Waals surface area contributed by atoms with Gasteiger partial charge in [0.15, 0.2) is 0 Å². The summed E-state index contributed by atoms with van der Waals surface area (Å²) < 4.78 is 3.94. The molecule has 1 aromatic heterocycles. The Kier molecular flexibility index (Phi) is 6.29. The lowest BCUT2D eigenvalue weighted by Gasteiger charge is -2.22. The third-order valence-electron chi connectivity index (χ3n) is 3.24. The van der Waals surface area contributed by atoms with Gasteiger partial charge in [-0.05, 0) is 56.5 Å². The molecule has 0 saturated heterocycles. The SMILES string of the molecule is CCCn1ncc(Br)c1C(NCC)c1cccc(Br)c1Cl. The quantitative estimate of drug-likeness (QED) is 0.678. The largest absolute Gasteiger partial charge is 0.305 e. The minimum Gasteiger partial charge on any atom is -0.305 e. The molecule has 21 heavy (non-hydrogen) atoms. The van der Waals surface area contributed by atoms with Crippen molar-refractivity contribution in [1.82, 2.24) is 15.1 Å². The van der Waals surface area contributed by atoms with Gasteiger partial charge in [0.05, 0.1) is 27.4 Å². The average molecular weight is 436 g/mol. The van der Waals surface area contributed by atoms with Crippen LogP contribution in [0.4, 0.5) is 0 Å². The summed E-state index contributed by atoms with van der Waals surface area (Å²) in [7, 11) is 0.